The van der Waals surface area contributed by atoms with E-state index < -0.39 is 0 Å². The van der Waals surface area contributed by atoms with Crippen molar-refractivity contribution >= 4 is 0 Å². The van der Waals surface area contributed by atoms with E-state index in [0.717, 1.165) is 30.9 Å². The Bertz CT molecular complexity index is 236. The Hall–Kier alpha value is -0.0800. The Balaban J connectivity index is 1.76. The van der Waals surface area contributed by atoms with Crippen LogP contribution in [0.5, 0.6) is 0 Å². The fraction of sp³-hybridized carbons (Fsp3) is 1.00. The number of hydrogen-bond donors (Lipinski definition) is 1. The molecule has 0 spiro atoms. The van der Waals surface area contributed by atoms with E-state index >= 15 is 0 Å². The molecule has 0 aromatic heterocycles. The fourth-order valence-electron chi connectivity index (χ4n) is 3.58. The standard InChI is InChI=1S/C16H31NO/c1-12(2)10-17-11-16(5-6-18-13(3)4)8-14-7-15(14)9-16/h12-15,17H,5-11H2,1-4H3. The molecule has 2 nitrogen and oxygen atoms in total. The lowest BCUT2D eigenvalue weighted by atomic mass is 9.80. The first-order chi connectivity index (χ1) is 8.51. The molecule has 0 amide bonds. The molecule has 2 unspecified atom stereocenters. The van der Waals surface area contributed by atoms with Gasteiger partial charge in [0.1, 0.15) is 0 Å². The topological polar surface area (TPSA) is 21.3 Å². The van der Waals surface area contributed by atoms with Gasteiger partial charge in [0.2, 0.25) is 0 Å². The molecule has 2 heteroatoms. The quantitative estimate of drug-likeness (QED) is 0.715. The van der Waals surface area contributed by atoms with E-state index in [4.69, 9.17) is 4.74 Å². The van der Waals surface area contributed by atoms with E-state index in [1.807, 2.05) is 0 Å². The largest absolute Gasteiger partial charge is 0.379 e. The second-order valence-electron chi connectivity index (χ2n) is 7.36. The number of nitrogens with one attached hydrogen (secondary N) is 1. The van der Waals surface area contributed by atoms with Crippen LogP contribution in [0.1, 0.15) is 53.4 Å². The average Bonchev–Trinajstić information content (AvgIpc) is 2.86. The molecule has 2 fully saturated rings. The summed E-state index contributed by atoms with van der Waals surface area (Å²) >= 11 is 0. The summed E-state index contributed by atoms with van der Waals surface area (Å²) in [5.41, 5.74) is 0.553. The van der Waals surface area contributed by atoms with Gasteiger partial charge >= 0.3 is 0 Å². The summed E-state index contributed by atoms with van der Waals surface area (Å²) in [7, 11) is 0. The van der Waals surface area contributed by atoms with Gasteiger partial charge in [0, 0.05) is 13.2 Å². The van der Waals surface area contributed by atoms with Crippen molar-refractivity contribution < 1.29 is 4.74 Å². The summed E-state index contributed by atoms with van der Waals surface area (Å²) in [6.07, 6.45) is 6.04. The third-order valence-electron chi connectivity index (χ3n) is 4.60. The van der Waals surface area contributed by atoms with E-state index in [0.29, 0.717) is 11.5 Å². The van der Waals surface area contributed by atoms with Crippen molar-refractivity contribution in [3.05, 3.63) is 0 Å². The highest BCUT2D eigenvalue weighted by molar-refractivity contribution is 5.04. The smallest absolute Gasteiger partial charge is 0.0518 e. The van der Waals surface area contributed by atoms with Crippen LogP contribution in [0.15, 0.2) is 0 Å². The molecule has 2 saturated carbocycles. The van der Waals surface area contributed by atoms with Gasteiger partial charge in [-0.25, -0.2) is 0 Å². The van der Waals surface area contributed by atoms with Crippen LogP contribution < -0.4 is 5.32 Å². The van der Waals surface area contributed by atoms with Crippen LogP contribution in [0, 0.1) is 23.2 Å². The highest BCUT2D eigenvalue weighted by atomic mass is 16.5. The first-order valence-corrected chi connectivity index (χ1v) is 7.83. The lowest BCUT2D eigenvalue weighted by Crippen LogP contribution is -2.36. The highest BCUT2D eigenvalue weighted by Gasteiger charge is 2.53. The summed E-state index contributed by atoms with van der Waals surface area (Å²) in [4.78, 5) is 0. The molecule has 2 rings (SSSR count). The molecule has 2 aliphatic rings. The number of ether oxygens (including phenoxy) is 1. The van der Waals surface area contributed by atoms with Crippen LogP contribution in [0.25, 0.3) is 0 Å². The Morgan fingerprint density at radius 3 is 2.39 bits per heavy atom. The third-order valence-corrected chi connectivity index (χ3v) is 4.60. The van der Waals surface area contributed by atoms with E-state index in [9.17, 15) is 0 Å². The molecule has 106 valence electrons. The molecule has 1 N–H and O–H groups in total. The SMILES string of the molecule is CC(C)CNCC1(CCOC(C)C)CC2CC2C1. The van der Waals surface area contributed by atoms with Gasteiger partial charge in [-0.3, -0.25) is 0 Å². The molecule has 0 aromatic carbocycles. The van der Waals surface area contributed by atoms with Gasteiger partial charge < -0.3 is 10.1 Å². The molecule has 0 aliphatic heterocycles. The van der Waals surface area contributed by atoms with Gasteiger partial charge in [0.25, 0.3) is 0 Å². The minimum absolute atomic E-state index is 0.376. The van der Waals surface area contributed by atoms with Gasteiger partial charge in [-0.05, 0) is 69.2 Å². The first-order valence-electron chi connectivity index (χ1n) is 7.83. The van der Waals surface area contributed by atoms with Gasteiger partial charge in [0.05, 0.1) is 6.10 Å². The molecule has 0 saturated heterocycles. The minimum Gasteiger partial charge on any atom is -0.379 e. The summed E-state index contributed by atoms with van der Waals surface area (Å²) in [6, 6.07) is 0. The Labute approximate surface area is 113 Å². The lowest BCUT2D eigenvalue weighted by molar-refractivity contribution is 0.0483. The second kappa shape index (κ2) is 5.92. The van der Waals surface area contributed by atoms with E-state index in [1.54, 1.807) is 0 Å². The summed E-state index contributed by atoms with van der Waals surface area (Å²) in [5.74, 6) is 2.87. The lowest BCUT2D eigenvalue weighted by Gasteiger charge is -2.32. The molecular weight excluding hydrogens is 222 g/mol. The van der Waals surface area contributed by atoms with Crippen molar-refractivity contribution in [2.75, 3.05) is 19.7 Å². The van der Waals surface area contributed by atoms with Crippen molar-refractivity contribution in [3.63, 3.8) is 0 Å². The predicted octanol–water partition coefficient (Wildman–Crippen LogP) is 3.46. The first kappa shape index (κ1) is 14.3. The summed E-state index contributed by atoms with van der Waals surface area (Å²) in [6.45, 7) is 12.1. The number of rotatable bonds is 8. The Morgan fingerprint density at radius 2 is 1.83 bits per heavy atom. The average molecular weight is 253 g/mol. The minimum atomic E-state index is 0.376. The number of hydrogen-bond acceptors (Lipinski definition) is 2. The van der Waals surface area contributed by atoms with Crippen LogP contribution >= 0.6 is 0 Å². The zero-order valence-corrected chi connectivity index (χ0v) is 12.7. The molecule has 0 bridgehead atoms. The maximum atomic E-state index is 5.78. The molecule has 0 aromatic rings. The van der Waals surface area contributed by atoms with Gasteiger partial charge in [-0.15, -0.1) is 0 Å². The van der Waals surface area contributed by atoms with Gasteiger partial charge in [-0.2, -0.15) is 0 Å². The number of fused-ring (bicyclic) bond motifs is 1. The van der Waals surface area contributed by atoms with Crippen molar-refractivity contribution in [1.29, 1.82) is 0 Å². The molecule has 2 aliphatic carbocycles. The molecular formula is C16H31NO. The van der Waals surface area contributed by atoms with E-state index in [-0.39, 0.29) is 0 Å². The van der Waals surface area contributed by atoms with Crippen molar-refractivity contribution in [1.82, 2.24) is 5.32 Å². The third kappa shape index (κ3) is 3.96. The highest BCUT2D eigenvalue weighted by Crippen LogP contribution is 2.60. The van der Waals surface area contributed by atoms with E-state index in [1.165, 1.54) is 32.2 Å². The van der Waals surface area contributed by atoms with Crippen molar-refractivity contribution in [3.8, 4) is 0 Å². The van der Waals surface area contributed by atoms with Crippen LogP contribution in [0.4, 0.5) is 0 Å². The zero-order valence-electron chi connectivity index (χ0n) is 12.7. The molecule has 0 radical (unpaired) electrons. The van der Waals surface area contributed by atoms with Crippen LogP contribution in [-0.2, 0) is 4.74 Å². The van der Waals surface area contributed by atoms with Gasteiger partial charge in [0.15, 0.2) is 0 Å². The zero-order chi connectivity index (χ0) is 13.2. The fourth-order valence-corrected chi connectivity index (χ4v) is 3.58. The molecule has 2 atom stereocenters. The molecule has 18 heavy (non-hydrogen) atoms. The van der Waals surface area contributed by atoms with Gasteiger partial charge in [-0.1, -0.05) is 13.8 Å². The maximum absolute atomic E-state index is 5.78. The monoisotopic (exact) mass is 253 g/mol. The van der Waals surface area contributed by atoms with Crippen molar-refractivity contribution in [2.24, 2.45) is 23.2 Å². The van der Waals surface area contributed by atoms with Crippen LogP contribution in [-0.4, -0.2) is 25.8 Å². The van der Waals surface area contributed by atoms with Crippen molar-refractivity contribution in [2.45, 2.75) is 59.5 Å². The normalized spacial score (nSPS) is 34.3. The maximum Gasteiger partial charge on any atom is 0.0518 e. The molecule has 0 heterocycles. The second-order valence-corrected chi connectivity index (χ2v) is 7.36. The summed E-state index contributed by atoms with van der Waals surface area (Å²) in [5, 5.41) is 3.69. The predicted molar refractivity (Wildman–Crippen MR) is 76.7 cm³/mol. The summed E-state index contributed by atoms with van der Waals surface area (Å²) < 4.78 is 5.78. The van der Waals surface area contributed by atoms with E-state index in [2.05, 4.69) is 33.0 Å². The van der Waals surface area contributed by atoms with Crippen LogP contribution in [0.2, 0.25) is 0 Å². The Morgan fingerprint density at radius 1 is 1.17 bits per heavy atom. The Kier molecular flexibility index (Phi) is 4.71. The van der Waals surface area contributed by atoms with Crippen LogP contribution in [0.3, 0.4) is 0 Å².